The zero-order valence-corrected chi connectivity index (χ0v) is 18.9. The van der Waals surface area contributed by atoms with Gasteiger partial charge in [-0.2, -0.15) is 5.10 Å². The molecule has 1 fully saturated rings. The molecule has 4 N–H and O–H groups in total. The molecule has 4 aromatic heterocycles. The van der Waals surface area contributed by atoms with Crippen LogP contribution >= 0.6 is 0 Å². The van der Waals surface area contributed by atoms with Crippen LogP contribution in [0, 0.1) is 0 Å². The predicted octanol–water partition coefficient (Wildman–Crippen LogP) is 2.75. The van der Waals surface area contributed by atoms with Gasteiger partial charge in [0, 0.05) is 30.5 Å². The molecule has 4 aromatic rings. The number of hydrogen-bond acceptors (Lipinski definition) is 6. The number of nitrogens with one attached hydrogen (secondary N) is 2. The Balaban J connectivity index is 1.56. The number of rotatable bonds is 6. The Morgan fingerprint density at radius 1 is 1.30 bits per heavy atom. The Labute approximate surface area is 192 Å². The summed E-state index contributed by atoms with van der Waals surface area (Å²) in [7, 11) is 2.08. The van der Waals surface area contributed by atoms with Crippen LogP contribution in [0.2, 0.25) is 0 Å². The van der Waals surface area contributed by atoms with Crippen LogP contribution in [0.4, 0.5) is 5.82 Å². The lowest BCUT2D eigenvalue weighted by atomic mass is 10.1. The first-order chi connectivity index (χ1) is 16.0. The minimum absolute atomic E-state index is 0.111. The number of fused-ring (bicyclic) bond motifs is 1. The first-order valence-electron chi connectivity index (χ1n) is 11.3. The number of pyridine rings is 1. The lowest BCUT2D eigenvalue weighted by Gasteiger charge is -2.20. The monoisotopic (exact) mass is 444 g/mol. The van der Waals surface area contributed by atoms with Gasteiger partial charge in [0.05, 0.1) is 23.1 Å². The topological polar surface area (TPSA) is 117 Å². The Morgan fingerprint density at radius 2 is 2.18 bits per heavy atom. The molecule has 0 unspecified atom stereocenters. The average molecular weight is 445 g/mol. The molecule has 1 aliphatic rings. The molecular formula is C24H28N8O. The van der Waals surface area contributed by atoms with Gasteiger partial charge < -0.3 is 20.9 Å². The van der Waals surface area contributed by atoms with Gasteiger partial charge in [0.2, 0.25) is 0 Å². The number of anilines is 1. The van der Waals surface area contributed by atoms with Gasteiger partial charge >= 0.3 is 0 Å². The summed E-state index contributed by atoms with van der Waals surface area (Å²) in [6.45, 7) is 3.71. The number of likely N-dealkylation sites (N-methyl/N-ethyl adjacent to an activating group) is 1. The van der Waals surface area contributed by atoms with Crippen LogP contribution in [0.1, 0.15) is 35.8 Å². The van der Waals surface area contributed by atoms with Gasteiger partial charge in [-0.25, -0.2) is 14.5 Å². The maximum absolute atomic E-state index is 13.0. The summed E-state index contributed by atoms with van der Waals surface area (Å²) in [5, 5.41) is 7.41. The maximum atomic E-state index is 13.0. The molecule has 0 spiro atoms. The van der Waals surface area contributed by atoms with E-state index in [9.17, 15) is 4.79 Å². The van der Waals surface area contributed by atoms with Gasteiger partial charge in [0.25, 0.3) is 5.91 Å². The summed E-state index contributed by atoms with van der Waals surface area (Å²) in [6, 6.07) is 8.11. The van der Waals surface area contributed by atoms with E-state index in [1.807, 2.05) is 47.4 Å². The Morgan fingerprint density at radius 3 is 2.91 bits per heavy atom. The van der Waals surface area contributed by atoms with E-state index in [1.165, 1.54) is 0 Å². The van der Waals surface area contributed by atoms with E-state index in [1.54, 1.807) is 0 Å². The fourth-order valence-corrected chi connectivity index (χ4v) is 4.46. The highest BCUT2D eigenvalue weighted by molar-refractivity contribution is 5.98. The van der Waals surface area contributed by atoms with Crippen LogP contribution in [0.15, 0.2) is 42.9 Å². The Hall–Kier alpha value is -3.72. The third kappa shape index (κ3) is 3.95. The average Bonchev–Trinajstić information content (AvgIpc) is 3.58. The van der Waals surface area contributed by atoms with E-state index in [-0.39, 0.29) is 17.4 Å². The molecule has 33 heavy (non-hydrogen) atoms. The standard InChI is InChI=1S/C24H28N8O/c1-3-15-13-28-32-11-8-16(12-19(15)32)20-21(18-7-4-9-26-18)30-23(25)22(29-20)24(33)27-14-17-6-5-10-31(17)2/h4,7-9,11-13,17,26H,3,5-6,10,14H2,1-2H3,(H2,25,30)(H,27,33)/t17-/m1/s1. The zero-order valence-electron chi connectivity index (χ0n) is 18.9. The molecule has 0 aliphatic carbocycles. The van der Waals surface area contributed by atoms with Gasteiger partial charge in [0.15, 0.2) is 11.5 Å². The fraction of sp³-hybridized carbons (Fsp3) is 0.333. The molecule has 5 heterocycles. The number of nitrogen functional groups attached to an aromatic ring is 1. The van der Waals surface area contributed by atoms with Crippen LogP contribution in [-0.4, -0.2) is 61.6 Å². The van der Waals surface area contributed by atoms with E-state index in [4.69, 9.17) is 10.7 Å². The molecule has 170 valence electrons. The third-order valence-corrected chi connectivity index (χ3v) is 6.42. The highest BCUT2D eigenvalue weighted by Gasteiger charge is 2.24. The lowest BCUT2D eigenvalue weighted by Crippen LogP contribution is -2.38. The maximum Gasteiger partial charge on any atom is 0.273 e. The molecule has 5 rings (SSSR count). The van der Waals surface area contributed by atoms with Gasteiger partial charge in [-0.1, -0.05) is 6.92 Å². The number of hydrogen-bond donors (Lipinski definition) is 3. The van der Waals surface area contributed by atoms with Crippen LogP contribution in [0.3, 0.4) is 0 Å². The van der Waals surface area contributed by atoms with Crippen molar-refractivity contribution in [1.82, 2.24) is 34.8 Å². The molecule has 0 saturated carbocycles. The summed E-state index contributed by atoms with van der Waals surface area (Å²) in [5.74, 6) is -0.195. The highest BCUT2D eigenvalue weighted by Crippen LogP contribution is 2.31. The molecule has 1 atom stereocenters. The minimum atomic E-state index is -0.306. The molecule has 1 saturated heterocycles. The molecule has 9 heteroatoms. The summed E-state index contributed by atoms with van der Waals surface area (Å²) < 4.78 is 1.84. The molecule has 1 aliphatic heterocycles. The number of aryl methyl sites for hydroxylation is 1. The quantitative estimate of drug-likeness (QED) is 0.421. The Bertz CT molecular complexity index is 1290. The number of carbonyl (C=O) groups is 1. The van der Waals surface area contributed by atoms with E-state index in [0.29, 0.717) is 24.0 Å². The number of nitrogens with zero attached hydrogens (tertiary/aromatic N) is 5. The predicted molar refractivity (Wildman–Crippen MR) is 128 cm³/mol. The normalized spacial score (nSPS) is 16.5. The second kappa shape index (κ2) is 8.67. The van der Waals surface area contributed by atoms with Gasteiger partial charge in [0.1, 0.15) is 5.69 Å². The van der Waals surface area contributed by atoms with Crippen LogP contribution in [0.5, 0.6) is 0 Å². The third-order valence-electron chi connectivity index (χ3n) is 6.42. The second-order valence-corrected chi connectivity index (χ2v) is 8.49. The van der Waals surface area contributed by atoms with Crippen molar-refractivity contribution >= 4 is 17.2 Å². The number of amides is 1. The van der Waals surface area contributed by atoms with Crippen LogP contribution in [0.25, 0.3) is 28.2 Å². The first-order valence-corrected chi connectivity index (χ1v) is 11.3. The van der Waals surface area contributed by atoms with E-state index < -0.39 is 0 Å². The zero-order chi connectivity index (χ0) is 22.9. The smallest absolute Gasteiger partial charge is 0.273 e. The van der Waals surface area contributed by atoms with Crippen molar-refractivity contribution < 1.29 is 4.79 Å². The van der Waals surface area contributed by atoms with Crippen molar-refractivity contribution in [3.8, 4) is 22.6 Å². The van der Waals surface area contributed by atoms with Gasteiger partial charge in [-0.05, 0) is 62.7 Å². The van der Waals surface area contributed by atoms with Crippen molar-refractivity contribution in [3.63, 3.8) is 0 Å². The Kier molecular flexibility index (Phi) is 5.55. The molecule has 0 aromatic carbocycles. The van der Waals surface area contributed by atoms with Crippen molar-refractivity contribution in [2.75, 3.05) is 25.9 Å². The van der Waals surface area contributed by atoms with Gasteiger partial charge in [-0.3, -0.25) is 4.79 Å². The molecule has 0 bridgehead atoms. The fourth-order valence-electron chi connectivity index (χ4n) is 4.46. The molecule has 1 amide bonds. The summed E-state index contributed by atoms with van der Waals surface area (Å²) in [4.78, 5) is 27.8. The summed E-state index contributed by atoms with van der Waals surface area (Å²) >= 11 is 0. The largest absolute Gasteiger partial charge is 0.382 e. The van der Waals surface area contributed by atoms with Crippen LogP contribution < -0.4 is 11.1 Å². The molecular weight excluding hydrogens is 416 g/mol. The van der Waals surface area contributed by atoms with Crippen LogP contribution in [-0.2, 0) is 6.42 Å². The first kappa shape index (κ1) is 21.1. The number of carbonyl (C=O) groups excluding carboxylic acids is 1. The number of likely N-dealkylation sites (tertiary alicyclic amines) is 1. The number of aromatic amines is 1. The highest BCUT2D eigenvalue weighted by atomic mass is 16.1. The van der Waals surface area contributed by atoms with E-state index in [2.05, 4.69) is 39.3 Å². The van der Waals surface area contributed by atoms with Gasteiger partial charge in [-0.15, -0.1) is 0 Å². The number of nitrogens with two attached hydrogens (primary N) is 1. The molecule has 9 nitrogen and oxygen atoms in total. The van der Waals surface area contributed by atoms with E-state index in [0.717, 1.165) is 48.1 Å². The summed E-state index contributed by atoms with van der Waals surface area (Å²) in [5.41, 5.74) is 11.3. The van der Waals surface area contributed by atoms with E-state index >= 15 is 0 Å². The number of aromatic nitrogens is 5. The SMILES string of the molecule is CCc1cnn2ccc(-c3nc(C(=O)NC[C@H]4CCCN4C)c(N)nc3-c3ccc[nH]3)cc12. The molecule has 0 radical (unpaired) electrons. The van der Waals surface area contributed by atoms with Crippen molar-refractivity contribution in [3.05, 3.63) is 54.1 Å². The summed E-state index contributed by atoms with van der Waals surface area (Å²) in [6.07, 6.45) is 8.68. The number of H-pyrrole nitrogens is 1. The van der Waals surface area contributed by atoms with Crippen molar-refractivity contribution in [2.24, 2.45) is 0 Å². The lowest BCUT2D eigenvalue weighted by molar-refractivity contribution is 0.0939. The minimum Gasteiger partial charge on any atom is -0.382 e. The second-order valence-electron chi connectivity index (χ2n) is 8.49. The van der Waals surface area contributed by atoms with Crippen molar-refractivity contribution in [2.45, 2.75) is 32.2 Å². The van der Waals surface area contributed by atoms with Crippen molar-refractivity contribution in [1.29, 1.82) is 0 Å².